The highest BCUT2D eigenvalue weighted by Gasteiger charge is 2.22. The first-order valence-electron chi connectivity index (χ1n) is 9.60. The Kier molecular flexibility index (Phi) is 2.85. The Morgan fingerprint density at radius 3 is 2.33 bits per heavy atom. The standard InChI is InChI=1S/C24H21N3/c1-16(2)25-13-14-26(15-25)21-11-6-12-22-23(21)19-9-5-8-18-17-7-3-4-10-20(17)27(22)24(18)19/h3-14,16H,15H2,1-2H3. The SMILES string of the molecule is CC(C)N1C=CN(c2cccc3c2c2cccc4c5ccccc5n3c42)C1. The first-order valence-corrected chi connectivity index (χ1v) is 9.60. The van der Waals surface area contributed by atoms with Crippen LogP contribution >= 0.6 is 0 Å². The van der Waals surface area contributed by atoms with Crippen molar-refractivity contribution in [3.05, 3.63) is 73.1 Å². The maximum absolute atomic E-state index is 2.44. The fourth-order valence-electron chi connectivity index (χ4n) is 4.63. The molecule has 132 valence electrons. The number of aromatic nitrogens is 1. The molecule has 1 aliphatic heterocycles. The molecule has 0 unspecified atom stereocenters. The summed E-state index contributed by atoms with van der Waals surface area (Å²) in [6.07, 6.45) is 4.41. The summed E-state index contributed by atoms with van der Waals surface area (Å²) in [4.78, 5) is 4.73. The van der Waals surface area contributed by atoms with Crippen molar-refractivity contribution in [1.29, 1.82) is 0 Å². The molecule has 0 spiro atoms. The molecule has 3 heterocycles. The largest absolute Gasteiger partial charge is 0.356 e. The van der Waals surface area contributed by atoms with E-state index >= 15 is 0 Å². The van der Waals surface area contributed by atoms with Crippen LogP contribution in [0.25, 0.3) is 38.1 Å². The third-order valence-electron chi connectivity index (χ3n) is 5.95. The van der Waals surface area contributed by atoms with Crippen LogP contribution in [-0.2, 0) is 0 Å². The first-order chi connectivity index (χ1) is 13.2. The Balaban J connectivity index is 1.72. The molecule has 0 saturated heterocycles. The molecular weight excluding hydrogens is 330 g/mol. The van der Waals surface area contributed by atoms with Gasteiger partial charge in [-0.25, -0.2) is 0 Å². The molecular formula is C24H21N3. The van der Waals surface area contributed by atoms with Crippen LogP contribution in [0.1, 0.15) is 13.8 Å². The summed E-state index contributed by atoms with van der Waals surface area (Å²) in [7, 11) is 0. The van der Waals surface area contributed by atoms with Gasteiger partial charge in [0.1, 0.15) is 0 Å². The van der Waals surface area contributed by atoms with Crippen LogP contribution in [0.4, 0.5) is 5.69 Å². The topological polar surface area (TPSA) is 10.9 Å². The molecule has 0 N–H and O–H groups in total. The van der Waals surface area contributed by atoms with Crippen molar-refractivity contribution in [3.8, 4) is 0 Å². The van der Waals surface area contributed by atoms with Gasteiger partial charge >= 0.3 is 0 Å². The van der Waals surface area contributed by atoms with Gasteiger partial charge in [-0.1, -0.05) is 42.5 Å². The summed E-state index contributed by atoms with van der Waals surface area (Å²) < 4.78 is 2.44. The fraction of sp³-hybridized carbons (Fsp3) is 0.167. The molecule has 3 nitrogen and oxygen atoms in total. The van der Waals surface area contributed by atoms with E-state index in [-0.39, 0.29) is 0 Å². The smallest absolute Gasteiger partial charge is 0.0944 e. The molecule has 1 aliphatic rings. The summed E-state index contributed by atoms with van der Waals surface area (Å²) in [5.41, 5.74) is 5.20. The minimum absolute atomic E-state index is 0.504. The van der Waals surface area contributed by atoms with E-state index in [2.05, 4.69) is 101 Å². The molecule has 0 bridgehead atoms. The maximum atomic E-state index is 2.44. The van der Waals surface area contributed by atoms with Crippen molar-refractivity contribution in [2.45, 2.75) is 19.9 Å². The monoisotopic (exact) mass is 351 g/mol. The lowest BCUT2D eigenvalue weighted by molar-refractivity contribution is 0.336. The Bertz CT molecular complexity index is 1340. The minimum Gasteiger partial charge on any atom is -0.356 e. The molecule has 3 heteroatoms. The van der Waals surface area contributed by atoms with E-state index in [1.807, 2.05) is 0 Å². The molecule has 0 aliphatic carbocycles. The van der Waals surface area contributed by atoms with Crippen molar-refractivity contribution in [3.63, 3.8) is 0 Å². The van der Waals surface area contributed by atoms with Crippen molar-refractivity contribution in [2.75, 3.05) is 11.6 Å². The molecule has 5 aromatic rings. The molecule has 2 aromatic heterocycles. The zero-order chi connectivity index (χ0) is 18.1. The molecule has 0 saturated carbocycles. The van der Waals surface area contributed by atoms with Crippen molar-refractivity contribution < 1.29 is 0 Å². The summed E-state index contributed by atoms with van der Waals surface area (Å²) in [6.45, 7) is 5.38. The minimum atomic E-state index is 0.504. The second-order valence-electron chi connectivity index (χ2n) is 7.74. The lowest BCUT2D eigenvalue weighted by atomic mass is 10.1. The molecule has 6 rings (SSSR count). The van der Waals surface area contributed by atoms with Gasteiger partial charge in [-0.2, -0.15) is 0 Å². The van der Waals surface area contributed by atoms with Crippen LogP contribution in [0.2, 0.25) is 0 Å². The molecule has 27 heavy (non-hydrogen) atoms. The van der Waals surface area contributed by atoms with E-state index in [1.165, 1.54) is 43.8 Å². The summed E-state index contributed by atoms with van der Waals surface area (Å²) >= 11 is 0. The Hall–Kier alpha value is -3.20. The molecule has 0 atom stereocenters. The van der Waals surface area contributed by atoms with Crippen LogP contribution in [0.3, 0.4) is 0 Å². The number of rotatable bonds is 2. The van der Waals surface area contributed by atoms with Gasteiger partial charge in [0.05, 0.1) is 28.9 Å². The van der Waals surface area contributed by atoms with E-state index in [1.54, 1.807) is 0 Å². The highest BCUT2D eigenvalue weighted by molar-refractivity contribution is 6.25. The number of para-hydroxylation sites is 2. The van der Waals surface area contributed by atoms with E-state index in [0.29, 0.717) is 6.04 Å². The normalized spacial score (nSPS) is 14.9. The van der Waals surface area contributed by atoms with Crippen molar-refractivity contribution in [2.24, 2.45) is 0 Å². The van der Waals surface area contributed by atoms with Gasteiger partial charge in [0.2, 0.25) is 0 Å². The summed E-state index contributed by atoms with van der Waals surface area (Å²) in [6, 6.07) is 22.6. The van der Waals surface area contributed by atoms with Crippen LogP contribution in [-0.4, -0.2) is 22.0 Å². The van der Waals surface area contributed by atoms with Gasteiger partial charge in [-0.15, -0.1) is 0 Å². The number of hydrogen-bond acceptors (Lipinski definition) is 2. The predicted octanol–water partition coefficient (Wildman–Crippen LogP) is 5.80. The van der Waals surface area contributed by atoms with Gasteiger partial charge in [-0.3, -0.25) is 0 Å². The van der Waals surface area contributed by atoms with Gasteiger partial charge in [-0.05, 0) is 32.0 Å². The van der Waals surface area contributed by atoms with Gasteiger partial charge in [0.25, 0.3) is 0 Å². The van der Waals surface area contributed by atoms with Crippen LogP contribution in [0.5, 0.6) is 0 Å². The van der Waals surface area contributed by atoms with Gasteiger partial charge < -0.3 is 14.2 Å². The Labute approximate surface area is 158 Å². The quantitative estimate of drug-likeness (QED) is 0.398. The van der Waals surface area contributed by atoms with E-state index in [0.717, 1.165) is 6.67 Å². The second kappa shape index (κ2) is 5.17. The van der Waals surface area contributed by atoms with Crippen LogP contribution in [0.15, 0.2) is 73.1 Å². The third kappa shape index (κ3) is 1.86. The summed E-state index contributed by atoms with van der Waals surface area (Å²) in [5.74, 6) is 0. The van der Waals surface area contributed by atoms with E-state index in [9.17, 15) is 0 Å². The average molecular weight is 351 g/mol. The number of benzene rings is 3. The first kappa shape index (κ1) is 14.9. The average Bonchev–Trinajstić information content (AvgIpc) is 3.39. The number of nitrogens with zero attached hydrogens (tertiary/aromatic N) is 3. The lowest BCUT2D eigenvalue weighted by Crippen LogP contribution is -2.30. The fourth-order valence-corrected chi connectivity index (χ4v) is 4.63. The van der Waals surface area contributed by atoms with Crippen LogP contribution < -0.4 is 4.90 Å². The van der Waals surface area contributed by atoms with E-state index in [4.69, 9.17) is 0 Å². The zero-order valence-corrected chi connectivity index (χ0v) is 15.6. The van der Waals surface area contributed by atoms with Crippen molar-refractivity contribution >= 4 is 43.8 Å². The Morgan fingerprint density at radius 2 is 1.48 bits per heavy atom. The molecule has 0 fully saturated rings. The van der Waals surface area contributed by atoms with Gasteiger partial charge in [0, 0.05) is 40.0 Å². The molecule has 0 amide bonds. The third-order valence-corrected chi connectivity index (χ3v) is 5.95. The number of hydrogen-bond donors (Lipinski definition) is 0. The number of fused-ring (bicyclic) bond motifs is 6. The maximum Gasteiger partial charge on any atom is 0.0944 e. The zero-order valence-electron chi connectivity index (χ0n) is 15.6. The van der Waals surface area contributed by atoms with Crippen molar-refractivity contribution in [1.82, 2.24) is 9.30 Å². The number of anilines is 1. The second-order valence-corrected chi connectivity index (χ2v) is 7.74. The Morgan fingerprint density at radius 1 is 0.741 bits per heavy atom. The van der Waals surface area contributed by atoms with E-state index < -0.39 is 0 Å². The van der Waals surface area contributed by atoms with Crippen LogP contribution in [0, 0.1) is 0 Å². The highest BCUT2D eigenvalue weighted by Crippen LogP contribution is 2.42. The summed E-state index contributed by atoms with van der Waals surface area (Å²) in [5, 5.41) is 5.35. The molecule has 0 radical (unpaired) electrons. The predicted molar refractivity (Wildman–Crippen MR) is 115 cm³/mol. The lowest BCUT2D eigenvalue weighted by Gasteiger charge is -2.25. The highest BCUT2D eigenvalue weighted by atomic mass is 15.3. The molecule has 3 aromatic carbocycles. The van der Waals surface area contributed by atoms with Gasteiger partial charge in [0.15, 0.2) is 0 Å².